The lowest BCUT2D eigenvalue weighted by molar-refractivity contribution is -0.152. The lowest BCUT2D eigenvalue weighted by Gasteiger charge is -2.10. The van der Waals surface area contributed by atoms with E-state index >= 15 is 0 Å². The van der Waals surface area contributed by atoms with Crippen LogP contribution in [-0.2, 0) is 19.1 Å². The predicted molar refractivity (Wildman–Crippen MR) is 88.5 cm³/mol. The number of hydrogen-bond acceptors (Lipinski definition) is 6. The van der Waals surface area contributed by atoms with E-state index in [9.17, 15) is 14.4 Å². The summed E-state index contributed by atoms with van der Waals surface area (Å²) in [5.74, 6) is -0.761. The average molecular weight is 332 g/mol. The minimum atomic E-state index is -0.398. The van der Waals surface area contributed by atoms with Crippen LogP contribution in [0.2, 0.25) is 0 Å². The second kappa shape index (κ2) is 15.4. The van der Waals surface area contributed by atoms with Gasteiger partial charge in [0.25, 0.3) is 0 Å². The number of carbonyl (C=O) groups excluding carboxylic acids is 3. The molecule has 1 saturated heterocycles. The monoisotopic (exact) mass is 332 g/mol. The Labute approximate surface area is 139 Å². The fraction of sp³-hybridized carbons (Fsp3) is 0.812. The summed E-state index contributed by atoms with van der Waals surface area (Å²) in [4.78, 5) is 31.0. The lowest BCUT2D eigenvalue weighted by atomic mass is 10.2. The van der Waals surface area contributed by atoms with Gasteiger partial charge in [-0.2, -0.15) is 0 Å². The first-order valence-corrected chi connectivity index (χ1v) is 8.15. The van der Waals surface area contributed by atoms with E-state index < -0.39 is 11.9 Å². The van der Waals surface area contributed by atoms with Gasteiger partial charge in [-0.05, 0) is 33.1 Å². The second-order valence-electron chi connectivity index (χ2n) is 5.44. The number of ether oxygens (including phenoxy) is 1. The van der Waals surface area contributed by atoms with Gasteiger partial charge in [-0.3, -0.25) is 14.4 Å². The van der Waals surface area contributed by atoms with Crippen LogP contribution in [0.5, 0.6) is 0 Å². The quantitative estimate of drug-likeness (QED) is 0.498. The summed E-state index contributed by atoms with van der Waals surface area (Å²) in [5.41, 5.74) is 5.29. The van der Waals surface area contributed by atoms with E-state index in [-0.39, 0.29) is 31.4 Å². The summed E-state index contributed by atoms with van der Waals surface area (Å²) in [5, 5.41) is 11.2. The molecule has 0 aliphatic carbocycles. The molecule has 4 N–H and O–H groups in total. The maximum atomic E-state index is 10.9. The maximum Gasteiger partial charge on any atom is 0.314 e. The molecule has 1 rings (SSSR count). The number of rotatable bonds is 6. The lowest BCUT2D eigenvalue weighted by Crippen LogP contribution is -2.31. The summed E-state index contributed by atoms with van der Waals surface area (Å²) in [6, 6.07) is 0.635. The van der Waals surface area contributed by atoms with Crippen LogP contribution in [0.1, 0.15) is 66.2 Å². The Kier molecular flexibility index (Phi) is 16.0. The van der Waals surface area contributed by atoms with Crippen molar-refractivity contribution in [2.24, 2.45) is 5.73 Å². The summed E-state index contributed by atoms with van der Waals surface area (Å²) in [6.45, 7) is 8.16. The van der Waals surface area contributed by atoms with Gasteiger partial charge in [0, 0.05) is 25.1 Å². The number of hydrogen-bond donors (Lipinski definition) is 3. The standard InChI is InChI=1S/C8H17NO2.C4H11N.C4H4O3/c1-3-7(2)9-8(11)5-4-6-10;1-3-4(2)5;5-3-1-2-4(6)7-3/h7,10H,3-6H2,1-2H3,(H,9,11);4H,3,5H2,1-2H3;1-2H2. The molecule has 136 valence electrons. The number of esters is 2. The van der Waals surface area contributed by atoms with Crippen molar-refractivity contribution in [2.45, 2.75) is 78.3 Å². The minimum absolute atomic E-state index is 0.0356. The summed E-state index contributed by atoms with van der Waals surface area (Å²) >= 11 is 0. The summed E-state index contributed by atoms with van der Waals surface area (Å²) in [6.07, 6.45) is 3.55. The zero-order valence-corrected chi connectivity index (χ0v) is 14.8. The van der Waals surface area contributed by atoms with Crippen molar-refractivity contribution in [3.05, 3.63) is 0 Å². The van der Waals surface area contributed by atoms with Crippen LogP contribution in [0.3, 0.4) is 0 Å². The highest BCUT2D eigenvalue weighted by Crippen LogP contribution is 2.03. The molecule has 1 amide bonds. The van der Waals surface area contributed by atoms with E-state index in [4.69, 9.17) is 10.8 Å². The Hall–Kier alpha value is -1.47. The number of nitrogens with one attached hydrogen (secondary N) is 1. The maximum absolute atomic E-state index is 10.9. The van der Waals surface area contributed by atoms with Crippen molar-refractivity contribution >= 4 is 17.8 Å². The molecule has 23 heavy (non-hydrogen) atoms. The molecule has 0 aromatic heterocycles. The first kappa shape index (κ1) is 23.8. The van der Waals surface area contributed by atoms with Crippen LogP contribution in [0.25, 0.3) is 0 Å². The molecular weight excluding hydrogens is 300 g/mol. The Morgan fingerprint density at radius 2 is 1.70 bits per heavy atom. The molecular formula is C16H32N2O5. The molecule has 2 unspecified atom stereocenters. The molecule has 7 nitrogen and oxygen atoms in total. The van der Waals surface area contributed by atoms with Gasteiger partial charge in [-0.25, -0.2) is 0 Å². The van der Waals surface area contributed by atoms with Gasteiger partial charge in [0.05, 0.1) is 12.8 Å². The minimum Gasteiger partial charge on any atom is -0.396 e. The van der Waals surface area contributed by atoms with Crippen molar-refractivity contribution in [2.75, 3.05) is 6.61 Å². The second-order valence-corrected chi connectivity index (χ2v) is 5.44. The zero-order chi connectivity index (χ0) is 18.3. The fourth-order valence-corrected chi connectivity index (χ4v) is 1.12. The molecule has 0 aromatic carbocycles. The van der Waals surface area contributed by atoms with Crippen molar-refractivity contribution in [3.63, 3.8) is 0 Å². The third-order valence-electron chi connectivity index (χ3n) is 2.99. The number of amides is 1. The first-order chi connectivity index (χ1) is 10.8. The van der Waals surface area contributed by atoms with Crippen LogP contribution < -0.4 is 11.1 Å². The normalized spacial score (nSPS) is 15.4. The third kappa shape index (κ3) is 18.5. The number of carbonyl (C=O) groups is 3. The van der Waals surface area contributed by atoms with Gasteiger partial charge in [0.1, 0.15) is 0 Å². The highest BCUT2D eigenvalue weighted by atomic mass is 16.6. The Morgan fingerprint density at radius 1 is 1.22 bits per heavy atom. The van der Waals surface area contributed by atoms with Crippen LogP contribution >= 0.6 is 0 Å². The van der Waals surface area contributed by atoms with Gasteiger partial charge < -0.3 is 20.9 Å². The van der Waals surface area contributed by atoms with E-state index in [0.717, 1.165) is 12.8 Å². The van der Waals surface area contributed by atoms with Gasteiger partial charge >= 0.3 is 11.9 Å². The zero-order valence-electron chi connectivity index (χ0n) is 14.8. The van der Waals surface area contributed by atoms with Gasteiger partial charge in [-0.15, -0.1) is 0 Å². The van der Waals surface area contributed by atoms with Crippen molar-refractivity contribution < 1.29 is 24.2 Å². The highest BCUT2D eigenvalue weighted by molar-refractivity contribution is 5.92. The highest BCUT2D eigenvalue weighted by Gasteiger charge is 2.19. The van der Waals surface area contributed by atoms with E-state index in [1.807, 2.05) is 20.8 Å². The van der Waals surface area contributed by atoms with Gasteiger partial charge in [0.2, 0.25) is 5.91 Å². The molecule has 1 aliphatic heterocycles. The fourth-order valence-electron chi connectivity index (χ4n) is 1.12. The van der Waals surface area contributed by atoms with Crippen molar-refractivity contribution in [3.8, 4) is 0 Å². The van der Waals surface area contributed by atoms with E-state index in [1.165, 1.54) is 0 Å². The molecule has 1 fully saturated rings. The molecule has 0 aromatic rings. The molecule has 0 spiro atoms. The van der Waals surface area contributed by atoms with Gasteiger partial charge in [-0.1, -0.05) is 13.8 Å². The molecule has 0 bridgehead atoms. The van der Waals surface area contributed by atoms with Gasteiger partial charge in [0.15, 0.2) is 0 Å². The number of aliphatic hydroxyl groups is 1. The number of cyclic esters (lactones) is 2. The van der Waals surface area contributed by atoms with E-state index in [2.05, 4.69) is 17.0 Å². The largest absolute Gasteiger partial charge is 0.396 e. The summed E-state index contributed by atoms with van der Waals surface area (Å²) < 4.78 is 4.08. The number of nitrogens with two attached hydrogens (primary N) is 1. The van der Waals surface area contributed by atoms with Crippen LogP contribution in [0.15, 0.2) is 0 Å². The van der Waals surface area contributed by atoms with Crippen molar-refractivity contribution in [1.82, 2.24) is 5.32 Å². The van der Waals surface area contributed by atoms with Crippen LogP contribution in [0.4, 0.5) is 0 Å². The Balaban J connectivity index is 0. The third-order valence-corrected chi connectivity index (χ3v) is 2.99. The molecule has 0 saturated carbocycles. The number of aliphatic hydroxyl groups excluding tert-OH is 1. The molecule has 0 radical (unpaired) electrons. The smallest absolute Gasteiger partial charge is 0.314 e. The predicted octanol–water partition coefficient (Wildman–Crippen LogP) is 1.27. The Bertz CT molecular complexity index is 331. The topological polar surface area (TPSA) is 119 Å². The SMILES string of the molecule is CCC(C)N.CCC(C)NC(=O)CCCO.O=C1CCC(=O)O1. The molecule has 1 heterocycles. The first-order valence-electron chi connectivity index (χ1n) is 8.15. The van der Waals surface area contributed by atoms with E-state index in [0.29, 0.717) is 18.9 Å². The molecule has 7 heteroatoms. The van der Waals surface area contributed by atoms with E-state index in [1.54, 1.807) is 0 Å². The van der Waals surface area contributed by atoms with Crippen LogP contribution in [-0.4, -0.2) is 41.6 Å². The molecule has 2 atom stereocenters. The average Bonchev–Trinajstić information content (AvgIpc) is 2.89. The van der Waals surface area contributed by atoms with Crippen LogP contribution in [0, 0.1) is 0 Å². The van der Waals surface area contributed by atoms with Crippen molar-refractivity contribution in [1.29, 1.82) is 0 Å². The summed E-state index contributed by atoms with van der Waals surface area (Å²) in [7, 11) is 0. The Morgan fingerprint density at radius 3 is 1.96 bits per heavy atom. The molecule has 1 aliphatic rings.